The number of hydrogen-bond acceptors (Lipinski definition) is 6. The molecule has 0 saturated carbocycles. The molecule has 2 heterocycles. The van der Waals surface area contributed by atoms with Crippen molar-refractivity contribution in [2.24, 2.45) is 0 Å². The lowest BCUT2D eigenvalue weighted by molar-refractivity contribution is -0.135. The zero-order valence-electron chi connectivity index (χ0n) is 16.4. The molecule has 1 aromatic heterocycles. The van der Waals surface area contributed by atoms with Crippen LogP contribution in [0.1, 0.15) is 5.69 Å². The molecule has 4 rings (SSSR count). The first-order valence-corrected chi connectivity index (χ1v) is 10.6. The quantitative estimate of drug-likeness (QED) is 0.654. The Morgan fingerprint density at radius 1 is 1.20 bits per heavy atom. The van der Waals surface area contributed by atoms with Gasteiger partial charge in [0.05, 0.1) is 25.1 Å². The van der Waals surface area contributed by atoms with Gasteiger partial charge in [-0.25, -0.2) is 4.98 Å². The number of carbonyl (C=O) groups excluding carboxylic acids is 2. The molecule has 2 aromatic carbocycles. The summed E-state index contributed by atoms with van der Waals surface area (Å²) in [5.74, 6) is 1.86. The van der Waals surface area contributed by atoms with Crippen molar-refractivity contribution < 1.29 is 18.7 Å². The standard InChI is InChI=1S/C22H21N3O4S/c1-28-18-9-7-16(8-10-18)23-21(27)19-13-30-14-25(19)20(26)11-17-12-29-22(24-17)15-5-3-2-4-6-15/h2-10,12,19H,11,13-14H2,1H3,(H,23,27). The van der Waals surface area contributed by atoms with E-state index in [2.05, 4.69) is 10.3 Å². The van der Waals surface area contributed by atoms with Gasteiger partial charge in [-0.2, -0.15) is 0 Å². The Morgan fingerprint density at radius 2 is 1.97 bits per heavy atom. The summed E-state index contributed by atoms with van der Waals surface area (Å²) in [6.07, 6.45) is 1.58. The molecular weight excluding hydrogens is 402 g/mol. The van der Waals surface area contributed by atoms with Crippen molar-refractivity contribution in [3.63, 3.8) is 0 Å². The molecule has 30 heavy (non-hydrogen) atoms. The van der Waals surface area contributed by atoms with Crippen LogP contribution in [-0.4, -0.2) is 46.5 Å². The second kappa shape index (κ2) is 9.04. The molecule has 1 atom stereocenters. The van der Waals surface area contributed by atoms with E-state index in [0.29, 0.717) is 34.7 Å². The van der Waals surface area contributed by atoms with Crippen LogP contribution in [0.3, 0.4) is 0 Å². The molecule has 1 aliphatic rings. The number of hydrogen-bond donors (Lipinski definition) is 1. The molecular formula is C22H21N3O4S. The highest BCUT2D eigenvalue weighted by molar-refractivity contribution is 7.99. The van der Waals surface area contributed by atoms with E-state index in [1.165, 1.54) is 6.26 Å². The van der Waals surface area contributed by atoms with Gasteiger partial charge in [-0.15, -0.1) is 11.8 Å². The fourth-order valence-corrected chi connectivity index (χ4v) is 4.34. The van der Waals surface area contributed by atoms with E-state index < -0.39 is 6.04 Å². The fraction of sp³-hybridized carbons (Fsp3) is 0.227. The van der Waals surface area contributed by atoms with E-state index in [9.17, 15) is 9.59 Å². The molecule has 8 heteroatoms. The van der Waals surface area contributed by atoms with Crippen molar-refractivity contribution >= 4 is 29.3 Å². The highest BCUT2D eigenvalue weighted by Gasteiger charge is 2.35. The Morgan fingerprint density at radius 3 is 2.70 bits per heavy atom. The third-order valence-electron chi connectivity index (χ3n) is 4.77. The van der Waals surface area contributed by atoms with Gasteiger partial charge in [-0.1, -0.05) is 18.2 Å². The van der Waals surface area contributed by atoms with Gasteiger partial charge in [0, 0.05) is 17.0 Å². The van der Waals surface area contributed by atoms with Crippen molar-refractivity contribution in [1.82, 2.24) is 9.88 Å². The minimum Gasteiger partial charge on any atom is -0.497 e. The zero-order chi connectivity index (χ0) is 20.9. The van der Waals surface area contributed by atoms with E-state index in [0.717, 1.165) is 5.56 Å². The molecule has 1 saturated heterocycles. The van der Waals surface area contributed by atoms with Gasteiger partial charge in [-0.05, 0) is 36.4 Å². The molecule has 0 bridgehead atoms. The van der Waals surface area contributed by atoms with Crippen molar-refractivity contribution in [3.05, 3.63) is 66.6 Å². The van der Waals surface area contributed by atoms with Crippen molar-refractivity contribution in [1.29, 1.82) is 0 Å². The second-order valence-electron chi connectivity index (χ2n) is 6.78. The van der Waals surface area contributed by atoms with E-state index in [1.54, 1.807) is 48.0 Å². The van der Waals surface area contributed by atoms with Gasteiger partial charge in [0.15, 0.2) is 0 Å². The smallest absolute Gasteiger partial charge is 0.248 e. The minimum absolute atomic E-state index is 0.0865. The topological polar surface area (TPSA) is 84.7 Å². The number of amides is 2. The van der Waals surface area contributed by atoms with E-state index >= 15 is 0 Å². The number of oxazole rings is 1. The van der Waals surface area contributed by atoms with Crippen LogP contribution < -0.4 is 10.1 Å². The summed E-state index contributed by atoms with van der Waals surface area (Å²) >= 11 is 1.56. The number of methoxy groups -OCH3 is 1. The van der Waals surface area contributed by atoms with Crippen LogP contribution in [0.25, 0.3) is 11.5 Å². The predicted octanol–water partition coefficient (Wildman–Crippen LogP) is 3.43. The Hall–Kier alpha value is -3.26. The third kappa shape index (κ3) is 4.49. The second-order valence-corrected chi connectivity index (χ2v) is 7.78. The highest BCUT2D eigenvalue weighted by atomic mass is 32.2. The molecule has 154 valence electrons. The van der Waals surface area contributed by atoms with Crippen molar-refractivity contribution in [3.8, 4) is 17.2 Å². The zero-order valence-corrected chi connectivity index (χ0v) is 17.2. The van der Waals surface area contributed by atoms with E-state index in [-0.39, 0.29) is 18.2 Å². The molecule has 3 aromatic rings. The normalized spacial score (nSPS) is 15.8. The average molecular weight is 423 g/mol. The number of benzene rings is 2. The van der Waals surface area contributed by atoms with E-state index in [4.69, 9.17) is 9.15 Å². The summed E-state index contributed by atoms with van der Waals surface area (Å²) in [4.78, 5) is 31.6. The molecule has 1 aliphatic heterocycles. The minimum atomic E-state index is -0.523. The van der Waals surface area contributed by atoms with Crippen LogP contribution in [0.15, 0.2) is 65.3 Å². The van der Waals surface area contributed by atoms with Crippen molar-refractivity contribution in [2.45, 2.75) is 12.5 Å². The molecule has 7 nitrogen and oxygen atoms in total. The third-order valence-corrected chi connectivity index (χ3v) is 5.78. The summed E-state index contributed by atoms with van der Waals surface area (Å²) in [6, 6.07) is 16.1. The first-order chi connectivity index (χ1) is 14.6. The molecule has 0 aliphatic carbocycles. The number of anilines is 1. The lowest BCUT2D eigenvalue weighted by Gasteiger charge is -2.22. The maximum Gasteiger partial charge on any atom is 0.248 e. The summed E-state index contributed by atoms with van der Waals surface area (Å²) in [5.41, 5.74) is 2.06. The van der Waals surface area contributed by atoms with Crippen LogP contribution in [0.5, 0.6) is 5.75 Å². The maximum absolute atomic E-state index is 12.8. The van der Waals surface area contributed by atoms with Crippen LogP contribution in [-0.2, 0) is 16.0 Å². The lowest BCUT2D eigenvalue weighted by Crippen LogP contribution is -2.45. The maximum atomic E-state index is 12.8. The number of carbonyl (C=O) groups is 2. The first-order valence-electron chi connectivity index (χ1n) is 9.46. The SMILES string of the molecule is COc1ccc(NC(=O)C2CSCN2C(=O)Cc2coc(-c3ccccc3)n2)cc1. The van der Waals surface area contributed by atoms with Gasteiger partial charge in [0.25, 0.3) is 0 Å². The average Bonchev–Trinajstić information content (AvgIpc) is 3.45. The van der Waals surface area contributed by atoms with Crippen LogP contribution in [0.4, 0.5) is 5.69 Å². The number of nitrogens with zero attached hydrogens (tertiary/aromatic N) is 2. The van der Waals surface area contributed by atoms with Gasteiger partial charge in [0.1, 0.15) is 18.1 Å². The Balaban J connectivity index is 1.39. The van der Waals surface area contributed by atoms with Crippen LogP contribution >= 0.6 is 11.8 Å². The van der Waals surface area contributed by atoms with Gasteiger partial charge in [0.2, 0.25) is 17.7 Å². The number of ether oxygens (including phenoxy) is 1. The highest BCUT2D eigenvalue weighted by Crippen LogP contribution is 2.25. The van der Waals surface area contributed by atoms with Gasteiger partial charge < -0.3 is 19.4 Å². The first kappa shape index (κ1) is 20.0. The summed E-state index contributed by atoms with van der Waals surface area (Å²) in [7, 11) is 1.59. The molecule has 2 amide bonds. The Labute approximate surface area is 178 Å². The fourth-order valence-electron chi connectivity index (χ4n) is 3.16. The number of aromatic nitrogens is 1. The largest absolute Gasteiger partial charge is 0.497 e. The summed E-state index contributed by atoms with van der Waals surface area (Å²) in [6.45, 7) is 0. The lowest BCUT2D eigenvalue weighted by atomic mass is 10.2. The molecule has 1 unspecified atom stereocenters. The summed E-state index contributed by atoms with van der Waals surface area (Å²) in [5, 5.41) is 2.87. The number of nitrogens with one attached hydrogen (secondary N) is 1. The Kier molecular flexibility index (Phi) is 6.04. The van der Waals surface area contributed by atoms with Crippen molar-refractivity contribution in [2.75, 3.05) is 24.1 Å². The van der Waals surface area contributed by atoms with Crippen LogP contribution in [0.2, 0.25) is 0 Å². The van der Waals surface area contributed by atoms with Crippen LogP contribution in [0, 0.1) is 0 Å². The molecule has 1 N–H and O–H groups in total. The Bertz CT molecular complexity index is 1020. The van der Waals surface area contributed by atoms with Gasteiger partial charge in [-0.3, -0.25) is 9.59 Å². The predicted molar refractivity (Wildman–Crippen MR) is 115 cm³/mol. The number of rotatable bonds is 6. The monoisotopic (exact) mass is 423 g/mol. The van der Waals surface area contributed by atoms with E-state index in [1.807, 2.05) is 30.3 Å². The number of thioether (sulfide) groups is 1. The molecule has 1 fully saturated rings. The summed E-state index contributed by atoms with van der Waals surface area (Å²) < 4.78 is 10.6. The van der Waals surface area contributed by atoms with Gasteiger partial charge >= 0.3 is 0 Å². The molecule has 0 radical (unpaired) electrons. The molecule has 0 spiro atoms.